The van der Waals surface area contributed by atoms with Crippen molar-refractivity contribution in [3.8, 4) is 11.5 Å². The minimum Gasteiger partial charge on any atom is -0.507 e. The zero-order valence-electron chi connectivity index (χ0n) is 11.3. The van der Waals surface area contributed by atoms with E-state index in [9.17, 15) is 14.7 Å². The van der Waals surface area contributed by atoms with Gasteiger partial charge in [-0.15, -0.1) is 0 Å². The highest BCUT2D eigenvalue weighted by Gasteiger charge is 2.38. The van der Waals surface area contributed by atoms with Crippen LogP contribution in [0.3, 0.4) is 0 Å². The second kappa shape index (κ2) is 5.51. The highest BCUT2D eigenvalue weighted by Crippen LogP contribution is 2.43. The van der Waals surface area contributed by atoms with Crippen molar-refractivity contribution in [2.45, 2.75) is 6.04 Å². The quantitative estimate of drug-likeness (QED) is 0.706. The summed E-state index contributed by atoms with van der Waals surface area (Å²) >= 11 is 9.26. The number of carbonyl (C=O) groups is 2. The van der Waals surface area contributed by atoms with Crippen molar-refractivity contribution in [1.29, 1.82) is 0 Å². The number of fused-ring (bicyclic) bond motifs is 2. The van der Waals surface area contributed by atoms with Gasteiger partial charge in [0.15, 0.2) is 5.75 Å². The van der Waals surface area contributed by atoms with Crippen LogP contribution in [0.1, 0.15) is 10.4 Å². The molecule has 0 aliphatic carbocycles. The van der Waals surface area contributed by atoms with E-state index in [0.717, 1.165) is 0 Å². The molecule has 0 radical (unpaired) electrons. The second-order valence-corrected chi connectivity index (χ2v) is 6.26. The predicted molar refractivity (Wildman–Crippen MR) is 80.7 cm³/mol. The van der Waals surface area contributed by atoms with Crippen LogP contribution < -0.4 is 4.74 Å². The van der Waals surface area contributed by atoms with Crippen LogP contribution in [-0.4, -0.2) is 64.3 Å². The van der Waals surface area contributed by atoms with Gasteiger partial charge in [-0.25, -0.2) is 4.79 Å². The second-order valence-electron chi connectivity index (χ2n) is 5.09. The predicted octanol–water partition coefficient (Wildman–Crippen LogP) is 2.00. The lowest BCUT2D eigenvalue weighted by molar-refractivity contribution is 0.0390. The van der Waals surface area contributed by atoms with E-state index in [1.165, 1.54) is 11.0 Å². The lowest BCUT2D eigenvalue weighted by Crippen LogP contribution is -2.57. The Kier molecular flexibility index (Phi) is 3.82. The smallest absolute Gasteiger partial charge is 0.407 e. The highest BCUT2D eigenvalue weighted by molar-refractivity contribution is 9.10. The summed E-state index contributed by atoms with van der Waals surface area (Å²) in [6, 6.07) is 0.918. The first kappa shape index (κ1) is 15.2. The van der Waals surface area contributed by atoms with Gasteiger partial charge in [-0.3, -0.25) is 4.79 Å². The topological polar surface area (TPSA) is 90.3 Å². The molecule has 1 aromatic rings. The van der Waals surface area contributed by atoms with Crippen molar-refractivity contribution in [2.24, 2.45) is 0 Å². The van der Waals surface area contributed by atoms with Crippen molar-refractivity contribution in [1.82, 2.24) is 9.80 Å². The van der Waals surface area contributed by atoms with E-state index in [0.29, 0.717) is 0 Å². The van der Waals surface area contributed by atoms with Gasteiger partial charge in [0, 0.05) is 19.6 Å². The molecule has 0 saturated carbocycles. The van der Waals surface area contributed by atoms with Crippen molar-refractivity contribution < 1.29 is 24.5 Å². The monoisotopic (exact) mass is 390 g/mol. The average Bonchev–Trinajstić information content (AvgIpc) is 2.63. The van der Waals surface area contributed by atoms with Gasteiger partial charge in [-0.2, -0.15) is 0 Å². The minimum absolute atomic E-state index is 0.123. The SMILES string of the molecule is O=C(O)N1CCN2C(=O)c3cc(O)c(Br)c(Cl)c3OC[C@H]2C1. The number of ether oxygens (including phenoxy) is 1. The fraction of sp³-hybridized carbons (Fsp3) is 0.385. The van der Waals surface area contributed by atoms with E-state index in [1.807, 2.05) is 0 Å². The molecular weight excluding hydrogens is 380 g/mol. The molecule has 22 heavy (non-hydrogen) atoms. The van der Waals surface area contributed by atoms with Crippen LogP contribution in [0.15, 0.2) is 10.5 Å². The number of aromatic hydroxyl groups is 1. The number of halogens is 2. The molecule has 1 atom stereocenters. The Labute approximate surface area is 139 Å². The van der Waals surface area contributed by atoms with E-state index < -0.39 is 6.09 Å². The van der Waals surface area contributed by atoms with Crippen LogP contribution >= 0.6 is 27.5 Å². The normalized spacial score (nSPS) is 20.8. The summed E-state index contributed by atoms with van der Waals surface area (Å²) in [5.74, 6) is -0.275. The molecule has 9 heteroatoms. The van der Waals surface area contributed by atoms with Gasteiger partial charge < -0.3 is 24.7 Å². The van der Waals surface area contributed by atoms with E-state index in [-0.39, 0.29) is 64.7 Å². The van der Waals surface area contributed by atoms with Gasteiger partial charge in [0.05, 0.1) is 16.1 Å². The molecule has 1 saturated heterocycles. The fourth-order valence-electron chi connectivity index (χ4n) is 2.67. The first-order valence-electron chi connectivity index (χ1n) is 6.52. The number of hydrogen-bond acceptors (Lipinski definition) is 4. The summed E-state index contributed by atoms with van der Waals surface area (Å²) in [5.41, 5.74) is 0.178. The zero-order valence-corrected chi connectivity index (χ0v) is 13.6. The number of piperazine rings is 1. The lowest BCUT2D eigenvalue weighted by Gasteiger charge is -2.38. The molecule has 2 amide bonds. The van der Waals surface area contributed by atoms with Gasteiger partial charge >= 0.3 is 6.09 Å². The molecule has 0 spiro atoms. The Bertz CT molecular complexity index is 668. The summed E-state index contributed by atoms with van der Waals surface area (Å²) in [6.07, 6.45) is -1.02. The summed E-state index contributed by atoms with van der Waals surface area (Å²) < 4.78 is 5.89. The molecule has 2 heterocycles. The molecule has 118 valence electrons. The van der Waals surface area contributed by atoms with Gasteiger partial charge in [-0.05, 0) is 22.0 Å². The Hall–Kier alpha value is -1.67. The maximum absolute atomic E-state index is 12.7. The van der Waals surface area contributed by atoms with E-state index in [2.05, 4.69) is 15.9 Å². The first-order chi connectivity index (χ1) is 10.4. The van der Waals surface area contributed by atoms with Gasteiger partial charge in [0.1, 0.15) is 17.4 Å². The Morgan fingerprint density at radius 1 is 1.45 bits per heavy atom. The molecule has 2 aliphatic heterocycles. The van der Waals surface area contributed by atoms with Gasteiger partial charge in [0.25, 0.3) is 5.91 Å². The number of benzene rings is 1. The van der Waals surface area contributed by atoms with Crippen LogP contribution in [0, 0.1) is 0 Å². The number of phenolic OH excluding ortho intramolecular Hbond substituents is 1. The van der Waals surface area contributed by atoms with Crippen LogP contribution in [0.2, 0.25) is 5.02 Å². The number of rotatable bonds is 0. The minimum atomic E-state index is -1.02. The molecule has 0 bridgehead atoms. The molecular formula is C13H12BrClN2O5. The molecule has 7 nitrogen and oxygen atoms in total. The average molecular weight is 392 g/mol. The number of carbonyl (C=O) groups excluding carboxylic acids is 1. The van der Waals surface area contributed by atoms with E-state index in [4.69, 9.17) is 21.4 Å². The Morgan fingerprint density at radius 2 is 2.18 bits per heavy atom. The number of carboxylic acid groups (broad SMARTS) is 1. The standard InChI is InChI=1S/C13H12BrClN2O5/c14-9-8(18)3-7-11(10(9)15)22-5-6-4-16(13(20)21)1-2-17(6)12(7)19/h3,6,18H,1-2,4-5H2,(H,20,21)/t6-/m1/s1. The number of hydrogen-bond donors (Lipinski definition) is 2. The largest absolute Gasteiger partial charge is 0.507 e. The molecule has 2 N–H and O–H groups in total. The maximum atomic E-state index is 12.7. The van der Waals surface area contributed by atoms with Crippen molar-refractivity contribution in [2.75, 3.05) is 26.2 Å². The van der Waals surface area contributed by atoms with Crippen molar-refractivity contribution in [3.63, 3.8) is 0 Å². The number of phenols is 1. The van der Waals surface area contributed by atoms with Crippen LogP contribution in [0.25, 0.3) is 0 Å². The maximum Gasteiger partial charge on any atom is 0.407 e. The third-order valence-electron chi connectivity index (χ3n) is 3.81. The molecule has 1 aromatic carbocycles. The molecule has 0 aromatic heterocycles. The van der Waals surface area contributed by atoms with Crippen LogP contribution in [0.5, 0.6) is 11.5 Å². The fourth-order valence-corrected chi connectivity index (χ4v) is 3.22. The van der Waals surface area contributed by atoms with E-state index >= 15 is 0 Å². The summed E-state index contributed by atoms with van der Waals surface area (Å²) in [7, 11) is 0. The summed E-state index contributed by atoms with van der Waals surface area (Å²) in [4.78, 5) is 26.6. The third kappa shape index (κ3) is 2.36. The van der Waals surface area contributed by atoms with Crippen molar-refractivity contribution >= 4 is 39.5 Å². The molecule has 2 aliphatic rings. The molecule has 1 fully saturated rings. The molecule has 0 unspecified atom stereocenters. The van der Waals surface area contributed by atoms with Gasteiger partial charge in [-0.1, -0.05) is 11.6 Å². The van der Waals surface area contributed by atoms with Crippen LogP contribution in [-0.2, 0) is 0 Å². The zero-order chi connectivity index (χ0) is 16.0. The lowest BCUT2D eigenvalue weighted by atomic mass is 10.1. The summed E-state index contributed by atoms with van der Waals surface area (Å²) in [5, 5.41) is 19.0. The third-order valence-corrected chi connectivity index (χ3v) is 5.20. The van der Waals surface area contributed by atoms with Crippen LogP contribution in [0.4, 0.5) is 4.79 Å². The van der Waals surface area contributed by atoms with Gasteiger partial charge in [0.2, 0.25) is 0 Å². The number of nitrogens with zero attached hydrogens (tertiary/aromatic N) is 2. The summed E-state index contributed by atoms with van der Waals surface area (Å²) in [6.45, 7) is 0.829. The first-order valence-corrected chi connectivity index (χ1v) is 7.70. The molecule has 3 rings (SSSR count). The van der Waals surface area contributed by atoms with E-state index in [1.54, 1.807) is 4.90 Å². The highest BCUT2D eigenvalue weighted by atomic mass is 79.9. The van der Waals surface area contributed by atoms with Crippen molar-refractivity contribution in [3.05, 3.63) is 21.1 Å². The Morgan fingerprint density at radius 3 is 2.86 bits per heavy atom. The Balaban J connectivity index is 1.98. The number of amides is 2.